The van der Waals surface area contributed by atoms with Gasteiger partial charge in [0.15, 0.2) is 0 Å². The Morgan fingerprint density at radius 2 is 2.28 bits per heavy atom. The number of aromatic nitrogens is 2. The molecular formula is C14H24N4. The summed E-state index contributed by atoms with van der Waals surface area (Å²) in [7, 11) is 0. The van der Waals surface area contributed by atoms with Gasteiger partial charge in [-0.1, -0.05) is 13.8 Å². The van der Waals surface area contributed by atoms with Crippen molar-refractivity contribution in [3.63, 3.8) is 0 Å². The monoisotopic (exact) mass is 248 g/mol. The molecule has 1 fully saturated rings. The Labute approximate surface area is 110 Å². The summed E-state index contributed by atoms with van der Waals surface area (Å²) in [4.78, 5) is 11.6. The van der Waals surface area contributed by atoms with Gasteiger partial charge in [0.25, 0.3) is 0 Å². The lowest BCUT2D eigenvalue weighted by Crippen LogP contribution is -2.21. The van der Waals surface area contributed by atoms with Crippen molar-refractivity contribution in [2.45, 2.75) is 40.2 Å². The van der Waals surface area contributed by atoms with E-state index in [1.165, 1.54) is 19.5 Å². The second kappa shape index (κ2) is 6.14. The number of rotatable bonds is 5. The first-order valence-electron chi connectivity index (χ1n) is 6.98. The minimum atomic E-state index is 0.812. The molecule has 1 aliphatic rings. The van der Waals surface area contributed by atoms with Crippen LogP contribution in [-0.4, -0.2) is 34.5 Å². The third-order valence-electron chi connectivity index (χ3n) is 3.33. The van der Waals surface area contributed by atoms with Crippen molar-refractivity contribution in [2.75, 3.05) is 25.0 Å². The smallest absolute Gasteiger partial charge is 0.144 e. The highest BCUT2D eigenvalue weighted by Gasteiger charge is 2.19. The van der Waals surface area contributed by atoms with Gasteiger partial charge in [-0.05, 0) is 32.2 Å². The highest BCUT2D eigenvalue weighted by Crippen LogP contribution is 2.17. The summed E-state index contributed by atoms with van der Waals surface area (Å²) in [5.41, 5.74) is 1.05. The van der Waals surface area contributed by atoms with Crippen LogP contribution in [0, 0.1) is 12.8 Å². The van der Waals surface area contributed by atoms with E-state index in [2.05, 4.69) is 34.0 Å². The Bertz CT molecular complexity index is 391. The molecule has 1 saturated heterocycles. The van der Waals surface area contributed by atoms with E-state index in [9.17, 15) is 0 Å². The molecule has 1 unspecified atom stereocenters. The molecule has 4 heteroatoms. The van der Waals surface area contributed by atoms with Crippen LogP contribution in [0.5, 0.6) is 0 Å². The van der Waals surface area contributed by atoms with Crippen LogP contribution in [-0.2, 0) is 6.54 Å². The fourth-order valence-electron chi connectivity index (χ4n) is 2.41. The number of hydrogen-bond acceptors (Lipinski definition) is 4. The maximum atomic E-state index is 4.60. The first-order valence-corrected chi connectivity index (χ1v) is 6.98. The number of anilines is 1. The maximum Gasteiger partial charge on any atom is 0.144 e. The van der Waals surface area contributed by atoms with E-state index in [0.29, 0.717) is 0 Å². The van der Waals surface area contributed by atoms with Crippen molar-refractivity contribution < 1.29 is 0 Å². The zero-order valence-electron chi connectivity index (χ0n) is 11.7. The van der Waals surface area contributed by atoms with Gasteiger partial charge in [-0.25, -0.2) is 9.97 Å². The fourth-order valence-corrected chi connectivity index (χ4v) is 2.41. The zero-order valence-corrected chi connectivity index (χ0v) is 11.7. The van der Waals surface area contributed by atoms with Crippen LogP contribution in [0.3, 0.4) is 0 Å². The second-order valence-corrected chi connectivity index (χ2v) is 5.37. The molecule has 1 aliphatic heterocycles. The number of nitrogens with zero attached hydrogens (tertiary/aromatic N) is 3. The Morgan fingerprint density at radius 3 is 2.94 bits per heavy atom. The van der Waals surface area contributed by atoms with Crippen LogP contribution in [0.2, 0.25) is 0 Å². The molecule has 18 heavy (non-hydrogen) atoms. The highest BCUT2D eigenvalue weighted by molar-refractivity contribution is 5.35. The Morgan fingerprint density at radius 1 is 1.44 bits per heavy atom. The Hall–Kier alpha value is -1.16. The van der Waals surface area contributed by atoms with Gasteiger partial charge < -0.3 is 5.32 Å². The number of likely N-dealkylation sites (tertiary alicyclic amines) is 1. The third kappa shape index (κ3) is 3.67. The molecule has 0 bridgehead atoms. The predicted molar refractivity (Wildman–Crippen MR) is 74.6 cm³/mol. The highest BCUT2D eigenvalue weighted by atomic mass is 15.2. The van der Waals surface area contributed by atoms with Crippen LogP contribution in [0.1, 0.15) is 38.2 Å². The molecule has 0 aromatic carbocycles. The van der Waals surface area contributed by atoms with Crippen molar-refractivity contribution in [2.24, 2.45) is 5.92 Å². The van der Waals surface area contributed by atoms with Gasteiger partial charge in [0.1, 0.15) is 11.6 Å². The van der Waals surface area contributed by atoms with Crippen LogP contribution < -0.4 is 5.32 Å². The molecule has 0 saturated carbocycles. The van der Waals surface area contributed by atoms with Crippen molar-refractivity contribution >= 4 is 5.82 Å². The standard InChI is InChI=1S/C14H24N4/c1-4-6-15-13-8-12(3)16-14(17-13)10-18-7-5-11(2)9-18/h8,11H,4-7,9-10H2,1-3H3,(H,15,16,17). The maximum absolute atomic E-state index is 4.60. The SMILES string of the molecule is CCCNc1cc(C)nc(CN2CCC(C)C2)n1. The van der Waals surface area contributed by atoms with Crippen molar-refractivity contribution in [3.8, 4) is 0 Å². The molecule has 1 aromatic rings. The van der Waals surface area contributed by atoms with Crippen LogP contribution in [0.25, 0.3) is 0 Å². The van der Waals surface area contributed by atoms with E-state index >= 15 is 0 Å². The topological polar surface area (TPSA) is 41.1 Å². The largest absolute Gasteiger partial charge is 0.370 e. The fraction of sp³-hybridized carbons (Fsp3) is 0.714. The summed E-state index contributed by atoms with van der Waals surface area (Å²) >= 11 is 0. The zero-order chi connectivity index (χ0) is 13.0. The Balaban J connectivity index is 2.00. The average molecular weight is 248 g/mol. The molecule has 100 valence electrons. The lowest BCUT2D eigenvalue weighted by atomic mass is 10.2. The van der Waals surface area contributed by atoms with Gasteiger partial charge in [0.2, 0.25) is 0 Å². The first-order chi connectivity index (χ1) is 8.67. The third-order valence-corrected chi connectivity index (χ3v) is 3.33. The van der Waals surface area contributed by atoms with Gasteiger partial charge in [0, 0.05) is 24.8 Å². The second-order valence-electron chi connectivity index (χ2n) is 5.37. The molecule has 1 aromatic heterocycles. The predicted octanol–water partition coefficient (Wildman–Crippen LogP) is 2.45. The molecular weight excluding hydrogens is 224 g/mol. The summed E-state index contributed by atoms with van der Waals surface area (Å²) < 4.78 is 0. The number of aryl methyl sites for hydroxylation is 1. The van der Waals surface area contributed by atoms with E-state index in [4.69, 9.17) is 0 Å². The van der Waals surface area contributed by atoms with Gasteiger partial charge in [-0.3, -0.25) is 4.90 Å². The van der Waals surface area contributed by atoms with Gasteiger partial charge in [-0.2, -0.15) is 0 Å². The molecule has 1 N–H and O–H groups in total. The summed E-state index contributed by atoms with van der Waals surface area (Å²) in [6.07, 6.45) is 2.41. The molecule has 2 heterocycles. The first kappa shape index (κ1) is 13.3. The van der Waals surface area contributed by atoms with E-state index in [1.807, 2.05) is 13.0 Å². The molecule has 1 atom stereocenters. The van der Waals surface area contributed by atoms with Crippen LogP contribution >= 0.6 is 0 Å². The minimum Gasteiger partial charge on any atom is -0.370 e. The summed E-state index contributed by atoms with van der Waals surface area (Å²) in [5, 5.41) is 3.34. The quantitative estimate of drug-likeness (QED) is 0.869. The lowest BCUT2D eigenvalue weighted by molar-refractivity contribution is 0.312. The van der Waals surface area contributed by atoms with Crippen LogP contribution in [0.15, 0.2) is 6.07 Å². The summed E-state index contributed by atoms with van der Waals surface area (Å²) in [5.74, 6) is 2.72. The molecule has 0 amide bonds. The van der Waals surface area contributed by atoms with Crippen molar-refractivity contribution in [1.82, 2.24) is 14.9 Å². The van der Waals surface area contributed by atoms with E-state index in [1.54, 1.807) is 0 Å². The summed E-state index contributed by atoms with van der Waals surface area (Å²) in [6, 6.07) is 2.02. The normalized spacial score (nSPS) is 20.3. The van der Waals surface area contributed by atoms with Gasteiger partial charge >= 0.3 is 0 Å². The number of hydrogen-bond donors (Lipinski definition) is 1. The average Bonchev–Trinajstić information content (AvgIpc) is 2.71. The van der Waals surface area contributed by atoms with Gasteiger partial charge in [-0.15, -0.1) is 0 Å². The Kier molecular flexibility index (Phi) is 4.53. The number of nitrogens with one attached hydrogen (secondary N) is 1. The molecule has 0 radical (unpaired) electrons. The lowest BCUT2D eigenvalue weighted by Gasteiger charge is -2.15. The molecule has 2 rings (SSSR count). The molecule has 0 aliphatic carbocycles. The van der Waals surface area contributed by atoms with E-state index in [0.717, 1.165) is 42.8 Å². The van der Waals surface area contributed by atoms with Crippen molar-refractivity contribution in [1.29, 1.82) is 0 Å². The molecule has 0 spiro atoms. The van der Waals surface area contributed by atoms with E-state index < -0.39 is 0 Å². The van der Waals surface area contributed by atoms with Crippen LogP contribution in [0.4, 0.5) is 5.82 Å². The van der Waals surface area contributed by atoms with Gasteiger partial charge in [0.05, 0.1) is 6.54 Å². The van der Waals surface area contributed by atoms with Crippen molar-refractivity contribution in [3.05, 3.63) is 17.6 Å². The minimum absolute atomic E-state index is 0.812. The molecule has 4 nitrogen and oxygen atoms in total. The van der Waals surface area contributed by atoms with E-state index in [-0.39, 0.29) is 0 Å². The summed E-state index contributed by atoms with van der Waals surface area (Å²) in [6.45, 7) is 10.7.